The Bertz CT molecular complexity index is 2440. The molecule has 5 rings (SSSR count). The fourth-order valence-corrected chi connectivity index (χ4v) is 10.8. The average Bonchev–Trinajstić information content (AvgIpc) is 3.28. The third-order valence-electron chi connectivity index (χ3n) is 14.1. The van der Waals surface area contributed by atoms with Gasteiger partial charge in [-0.2, -0.15) is 0 Å². The Morgan fingerprint density at radius 3 is 0.605 bits per heavy atom. The van der Waals surface area contributed by atoms with Crippen LogP contribution in [0.5, 0.6) is 46.0 Å². The number of benzene rings is 4. The van der Waals surface area contributed by atoms with Gasteiger partial charge in [-0.15, -0.1) is 0 Å². The number of fused-ring (bicyclic) bond motifs is 8. The first-order chi connectivity index (χ1) is 35.3. The number of carbonyl (C=O) groups excluding carboxylic acids is 4. The molecule has 8 bridgehead atoms. The first-order valence-corrected chi connectivity index (χ1v) is 26.7. The lowest BCUT2D eigenvalue weighted by Crippen LogP contribution is -2.44. The second-order valence-electron chi connectivity index (χ2n) is 22.5. The minimum absolute atomic E-state index is 0.0639. The first-order valence-electron chi connectivity index (χ1n) is 26.7. The predicted octanol–water partition coefficient (Wildman–Crippen LogP) is 12.9. The Hall–Kier alpha value is -6.84. The molecule has 1 aliphatic rings. The summed E-state index contributed by atoms with van der Waals surface area (Å²) in [6, 6.07) is 4.73. The molecule has 1 aliphatic carbocycles. The van der Waals surface area contributed by atoms with E-state index in [4.69, 9.17) is 18.9 Å². The SMILES string of the molecule is Cc1c(O)c2cc(c1OC(=O)N(C(C)C)C(C)C)Cc1cc(c(O)c(C)c1OC(=O)N(C(C)C)C(C)C)Cc1cc(c(OC(=O)N(C(C)C)C(C)C)c(C)c1O)Cc1cc(c(O)c(C)c1OC(=O)N(C(C)C)C(C)C)C2. The molecule has 0 saturated carbocycles. The van der Waals surface area contributed by atoms with E-state index >= 15 is 0 Å². The molecule has 0 radical (unpaired) electrons. The van der Waals surface area contributed by atoms with Crippen LogP contribution in [-0.4, -0.2) is 113 Å². The maximum atomic E-state index is 14.2. The Morgan fingerprint density at radius 2 is 0.461 bits per heavy atom. The summed E-state index contributed by atoms with van der Waals surface area (Å²) in [6.07, 6.45) is -2.94. The lowest BCUT2D eigenvalue weighted by Gasteiger charge is -2.31. The van der Waals surface area contributed by atoms with Crippen molar-refractivity contribution < 1.29 is 58.6 Å². The van der Waals surface area contributed by atoms with Gasteiger partial charge in [0.05, 0.1) is 0 Å². The Kier molecular flexibility index (Phi) is 19.0. The topological polar surface area (TPSA) is 199 Å². The Labute approximate surface area is 450 Å². The van der Waals surface area contributed by atoms with E-state index in [0.29, 0.717) is 44.5 Å². The van der Waals surface area contributed by atoms with E-state index in [9.17, 15) is 39.6 Å². The van der Waals surface area contributed by atoms with Crippen molar-refractivity contribution in [2.45, 2.75) is 212 Å². The molecule has 4 aromatic rings. The summed E-state index contributed by atoms with van der Waals surface area (Å²) in [6.45, 7) is 36.5. The number of amides is 4. The molecule has 76 heavy (non-hydrogen) atoms. The molecule has 16 heteroatoms. The fourth-order valence-electron chi connectivity index (χ4n) is 10.8. The Balaban J connectivity index is 1.95. The number of rotatable bonds is 12. The highest BCUT2D eigenvalue weighted by atomic mass is 16.6. The van der Waals surface area contributed by atoms with Gasteiger partial charge in [0, 0.05) is 119 Å². The van der Waals surface area contributed by atoms with Crippen molar-refractivity contribution in [3.63, 3.8) is 0 Å². The van der Waals surface area contributed by atoms with Crippen molar-refractivity contribution in [2.24, 2.45) is 0 Å². The quantitative estimate of drug-likeness (QED) is 0.0923. The molecule has 0 saturated heterocycles. The van der Waals surface area contributed by atoms with Crippen LogP contribution in [0, 0.1) is 27.7 Å². The van der Waals surface area contributed by atoms with E-state index < -0.39 is 24.4 Å². The van der Waals surface area contributed by atoms with Gasteiger partial charge in [0.25, 0.3) is 0 Å². The number of carbonyl (C=O) groups is 4. The first kappa shape index (κ1) is 60.0. The number of nitrogens with zero attached hydrogens (tertiary/aromatic N) is 4. The molecule has 0 heterocycles. The van der Waals surface area contributed by atoms with Crippen LogP contribution in [0.25, 0.3) is 0 Å². The third kappa shape index (κ3) is 12.5. The van der Waals surface area contributed by atoms with E-state index in [1.165, 1.54) is 0 Å². The van der Waals surface area contributed by atoms with Crippen molar-refractivity contribution in [1.29, 1.82) is 0 Å². The number of hydrogen-bond acceptors (Lipinski definition) is 12. The van der Waals surface area contributed by atoms with Crippen LogP contribution in [-0.2, 0) is 25.7 Å². The molecular formula is C60H84N4O12. The van der Waals surface area contributed by atoms with Crippen LogP contribution in [0.2, 0.25) is 0 Å². The van der Waals surface area contributed by atoms with E-state index in [-0.39, 0.29) is 142 Å². The zero-order valence-corrected chi connectivity index (χ0v) is 48.6. The maximum Gasteiger partial charge on any atom is 0.415 e. The van der Waals surface area contributed by atoms with Gasteiger partial charge in [-0.3, -0.25) is 0 Å². The Morgan fingerprint density at radius 1 is 0.316 bits per heavy atom. The van der Waals surface area contributed by atoms with Crippen LogP contribution in [0.15, 0.2) is 24.3 Å². The lowest BCUT2D eigenvalue weighted by molar-refractivity contribution is 0.120. The van der Waals surface area contributed by atoms with E-state index in [2.05, 4.69) is 0 Å². The number of ether oxygens (including phenoxy) is 4. The van der Waals surface area contributed by atoms with Crippen LogP contribution in [0.1, 0.15) is 178 Å². The van der Waals surface area contributed by atoms with Gasteiger partial charge in [-0.1, -0.05) is 0 Å². The van der Waals surface area contributed by atoms with Crippen LogP contribution in [0.4, 0.5) is 19.2 Å². The molecule has 0 spiro atoms. The van der Waals surface area contributed by atoms with Gasteiger partial charge in [-0.25, -0.2) is 19.2 Å². The van der Waals surface area contributed by atoms with Crippen LogP contribution < -0.4 is 18.9 Å². The van der Waals surface area contributed by atoms with E-state index in [1.807, 2.05) is 111 Å². The zero-order chi connectivity index (χ0) is 57.3. The van der Waals surface area contributed by atoms with E-state index in [0.717, 1.165) is 0 Å². The molecule has 16 nitrogen and oxygen atoms in total. The largest absolute Gasteiger partial charge is 0.507 e. The summed E-state index contributed by atoms with van der Waals surface area (Å²) in [5.74, 6) is -0.583. The molecule has 0 aliphatic heterocycles. The zero-order valence-electron chi connectivity index (χ0n) is 48.6. The normalized spacial score (nSPS) is 12.6. The highest BCUT2D eigenvalue weighted by molar-refractivity contribution is 5.77. The highest BCUT2D eigenvalue weighted by Crippen LogP contribution is 2.46. The van der Waals surface area contributed by atoms with Gasteiger partial charge < -0.3 is 59.0 Å². The summed E-state index contributed by atoms with van der Waals surface area (Å²) in [5, 5.41) is 48.9. The van der Waals surface area contributed by atoms with Crippen LogP contribution >= 0.6 is 0 Å². The molecule has 4 aromatic carbocycles. The number of phenolic OH excluding ortho intramolecular Hbond substituents is 4. The maximum absolute atomic E-state index is 14.2. The number of aromatic hydroxyl groups is 4. The van der Waals surface area contributed by atoms with E-state index in [1.54, 1.807) is 71.6 Å². The monoisotopic (exact) mass is 1050 g/mol. The minimum atomic E-state index is -0.657. The van der Waals surface area contributed by atoms with Crippen molar-refractivity contribution in [3.8, 4) is 46.0 Å². The van der Waals surface area contributed by atoms with Gasteiger partial charge in [0.2, 0.25) is 0 Å². The average molecular weight is 1050 g/mol. The smallest absolute Gasteiger partial charge is 0.415 e. The molecular weight excluding hydrogens is 969 g/mol. The lowest BCUT2D eigenvalue weighted by atomic mass is 9.88. The summed E-state index contributed by atoms with van der Waals surface area (Å²) >= 11 is 0. The highest BCUT2D eigenvalue weighted by Gasteiger charge is 2.33. The van der Waals surface area contributed by atoms with Crippen molar-refractivity contribution in [2.75, 3.05) is 0 Å². The van der Waals surface area contributed by atoms with Crippen molar-refractivity contribution >= 4 is 24.4 Å². The van der Waals surface area contributed by atoms with Crippen LogP contribution in [0.3, 0.4) is 0 Å². The standard InChI is InChI=1S/C60H84N4O12/c1-29(2)61(30(3)4)57(69)73-53-37(17)49(65)41-21-42-25-47(55(39(19)51(42)67)75-59(71)63(33(9)10)34(11)12)28-48-26-44(52(68)40(20)56(48)76-60(72)64(35(13)14)36(15)16)22-43-24-46(27-45(53)23-41)54(38(18)50(43)66)74-58(70)62(31(5)6)32(7)8/h23-26,29-36,65-68H,21-22,27-28H2,1-20H3. The molecule has 4 amide bonds. The predicted molar refractivity (Wildman–Crippen MR) is 295 cm³/mol. The number of hydrogen-bond donors (Lipinski definition) is 4. The molecule has 0 aromatic heterocycles. The van der Waals surface area contributed by atoms with Crippen molar-refractivity contribution in [3.05, 3.63) is 91.0 Å². The molecule has 0 atom stereocenters. The summed E-state index contributed by atoms with van der Waals surface area (Å²) in [4.78, 5) is 63.0. The van der Waals surface area contributed by atoms with Crippen molar-refractivity contribution in [1.82, 2.24) is 19.6 Å². The fraction of sp³-hybridized carbons (Fsp3) is 0.533. The van der Waals surface area contributed by atoms with Gasteiger partial charge in [0.15, 0.2) is 0 Å². The van der Waals surface area contributed by atoms with Gasteiger partial charge >= 0.3 is 24.4 Å². The molecule has 0 unspecified atom stereocenters. The minimum Gasteiger partial charge on any atom is -0.507 e. The summed E-state index contributed by atoms with van der Waals surface area (Å²) in [7, 11) is 0. The summed E-state index contributed by atoms with van der Waals surface area (Å²) < 4.78 is 25.2. The molecule has 4 N–H and O–H groups in total. The molecule has 416 valence electrons. The molecule has 0 fully saturated rings. The second-order valence-corrected chi connectivity index (χ2v) is 22.5. The third-order valence-corrected chi connectivity index (χ3v) is 14.1. The van der Waals surface area contributed by atoms with Gasteiger partial charge in [-0.05, 0) is 185 Å². The number of phenols is 4. The summed E-state index contributed by atoms with van der Waals surface area (Å²) in [5.41, 5.74) is 3.84. The second kappa shape index (κ2) is 24.0. The van der Waals surface area contributed by atoms with Gasteiger partial charge in [0.1, 0.15) is 46.0 Å².